The van der Waals surface area contributed by atoms with Crippen LogP contribution in [0.3, 0.4) is 0 Å². The molecule has 3 nitrogen and oxygen atoms in total. The monoisotopic (exact) mass is 331 g/mol. The summed E-state index contributed by atoms with van der Waals surface area (Å²) in [6, 6.07) is 8.47. The van der Waals surface area contributed by atoms with Crippen molar-refractivity contribution in [2.75, 3.05) is 13.7 Å². The maximum absolute atomic E-state index is 10.0. The third-order valence-electron chi connectivity index (χ3n) is 4.70. The van der Waals surface area contributed by atoms with Crippen molar-refractivity contribution in [2.24, 2.45) is 0 Å². The van der Waals surface area contributed by atoms with Gasteiger partial charge >= 0.3 is 0 Å². The molecule has 1 aromatic carbocycles. The molecule has 1 N–H and O–H groups in total. The Morgan fingerprint density at radius 3 is 2.83 bits per heavy atom. The first-order chi connectivity index (χ1) is 11.2. The van der Waals surface area contributed by atoms with Gasteiger partial charge in [0.25, 0.3) is 0 Å². The smallest absolute Gasteiger partial charge is 0.160 e. The average molecular weight is 331 g/mol. The molecule has 4 heteroatoms. The zero-order valence-corrected chi connectivity index (χ0v) is 14.7. The van der Waals surface area contributed by atoms with E-state index in [9.17, 15) is 5.11 Å². The summed E-state index contributed by atoms with van der Waals surface area (Å²) >= 11 is 1.88. The zero-order chi connectivity index (χ0) is 16.2. The minimum atomic E-state index is 0.226. The Morgan fingerprint density at radius 1 is 1.26 bits per heavy atom. The van der Waals surface area contributed by atoms with E-state index in [4.69, 9.17) is 4.74 Å². The van der Waals surface area contributed by atoms with Crippen molar-refractivity contribution in [1.82, 2.24) is 4.90 Å². The van der Waals surface area contributed by atoms with Gasteiger partial charge in [-0.3, -0.25) is 4.90 Å². The third kappa shape index (κ3) is 3.70. The van der Waals surface area contributed by atoms with Gasteiger partial charge < -0.3 is 9.84 Å². The molecule has 0 spiro atoms. The van der Waals surface area contributed by atoms with Gasteiger partial charge in [0.2, 0.25) is 0 Å². The number of methoxy groups -OCH3 is 1. The number of ether oxygens (including phenoxy) is 1. The molecule has 1 unspecified atom stereocenters. The van der Waals surface area contributed by atoms with Crippen LogP contribution in [0.4, 0.5) is 0 Å². The number of phenolic OH excluding ortho intramolecular Hbond substituents is 1. The topological polar surface area (TPSA) is 32.7 Å². The highest BCUT2D eigenvalue weighted by molar-refractivity contribution is 7.10. The lowest BCUT2D eigenvalue weighted by Crippen LogP contribution is -2.28. The predicted octanol–water partition coefficient (Wildman–Crippen LogP) is 4.89. The van der Waals surface area contributed by atoms with E-state index in [-0.39, 0.29) is 5.75 Å². The molecule has 1 aromatic heterocycles. The van der Waals surface area contributed by atoms with Crippen molar-refractivity contribution in [1.29, 1.82) is 0 Å². The highest BCUT2D eigenvalue weighted by Gasteiger charge is 2.25. The normalized spacial score (nSPS) is 19.5. The number of thiophene rings is 1. The number of likely N-dealkylation sites (tertiary alicyclic amines) is 1. The third-order valence-corrected chi connectivity index (χ3v) is 5.82. The van der Waals surface area contributed by atoms with Crippen molar-refractivity contribution >= 4 is 11.3 Å². The summed E-state index contributed by atoms with van der Waals surface area (Å²) in [7, 11) is 1.58. The SMILES string of the molecule is COc1ccc(CN2CCCCCC2c2sccc2C)cc1O. The van der Waals surface area contributed by atoms with E-state index >= 15 is 0 Å². The molecule has 1 aliphatic rings. The van der Waals surface area contributed by atoms with Crippen LogP contribution in [0.1, 0.15) is 47.7 Å². The van der Waals surface area contributed by atoms with Crippen LogP contribution in [0, 0.1) is 6.92 Å². The summed E-state index contributed by atoms with van der Waals surface area (Å²) in [4.78, 5) is 4.08. The van der Waals surface area contributed by atoms with Crippen molar-refractivity contribution in [3.05, 3.63) is 45.6 Å². The molecule has 0 saturated carbocycles. The lowest BCUT2D eigenvalue weighted by atomic mass is 10.0. The van der Waals surface area contributed by atoms with Crippen molar-refractivity contribution < 1.29 is 9.84 Å². The van der Waals surface area contributed by atoms with Gasteiger partial charge in [-0.05, 0) is 61.0 Å². The Bertz CT molecular complexity index is 653. The largest absolute Gasteiger partial charge is 0.504 e. The molecule has 1 atom stereocenters. The Hall–Kier alpha value is -1.52. The minimum Gasteiger partial charge on any atom is -0.504 e. The van der Waals surface area contributed by atoms with Crippen LogP contribution in [0.2, 0.25) is 0 Å². The Morgan fingerprint density at radius 2 is 2.13 bits per heavy atom. The number of aromatic hydroxyl groups is 1. The first-order valence-corrected chi connectivity index (χ1v) is 9.21. The fraction of sp³-hybridized carbons (Fsp3) is 0.474. The quantitative estimate of drug-likeness (QED) is 0.866. The average Bonchev–Trinajstić information content (AvgIpc) is 2.83. The van der Waals surface area contributed by atoms with E-state index in [0.29, 0.717) is 11.8 Å². The van der Waals surface area contributed by atoms with Crippen LogP contribution in [0.15, 0.2) is 29.6 Å². The highest BCUT2D eigenvalue weighted by atomic mass is 32.1. The van der Waals surface area contributed by atoms with Crippen LogP contribution in [0.5, 0.6) is 11.5 Å². The van der Waals surface area contributed by atoms with E-state index in [2.05, 4.69) is 29.3 Å². The molecule has 0 bridgehead atoms. The van der Waals surface area contributed by atoms with Crippen molar-refractivity contribution in [2.45, 2.75) is 45.2 Å². The first kappa shape index (κ1) is 16.3. The molecule has 3 rings (SSSR count). The molecule has 124 valence electrons. The number of rotatable bonds is 4. The van der Waals surface area contributed by atoms with Gasteiger partial charge in [0.05, 0.1) is 7.11 Å². The van der Waals surface area contributed by atoms with E-state index < -0.39 is 0 Å². The Balaban J connectivity index is 1.83. The molecule has 1 fully saturated rings. The van der Waals surface area contributed by atoms with Gasteiger partial charge in [-0.2, -0.15) is 0 Å². The highest BCUT2D eigenvalue weighted by Crippen LogP contribution is 2.36. The lowest BCUT2D eigenvalue weighted by molar-refractivity contribution is 0.194. The zero-order valence-electron chi connectivity index (χ0n) is 13.9. The van der Waals surface area contributed by atoms with E-state index in [1.807, 2.05) is 23.5 Å². The molecule has 0 radical (unpaired) electrons. The summed E-state index contributed by atoms with van der Waals surface area (Å²) in [5, 5.41) is 12.2. The minimum absolute atomic E-state index is 0.226. The fourth-order valence-corrected chi connectivity index (χ4v) is 4.54. The van der Waals surface area contributed by atoms with Gasteiger partial charge in [0.1, 0.15) is 0 Å². The number of nitrogens with zero attached hydrogens (tertiary/aromatic N) is 1. The Labute approximate surface area is 142 Å². The van der Waals surface area contributed by atoms with Gasteiger partial charge in [-0.15, -0.1) is 11.3 Å². The van der Waals surface area contributed by atoms with Crippen molar-refractivity contribution in [3.63, 3.8) is 0 Å². The number of hydrogen-bond donors (Lipinski definition) is 1. The summed E-state index contributed by atoms with van der Waals surface area (Å²) in [5.41, 5.74) is 2.55. The van der Waals surface area contributed by atoms with Crippen molar-refractivity contribution in [3.8, 4) is 11.5 Å². The number of benzene rings is 1. The van der Waals surface area contributed by atoms with Gasteiger partial charge in [0.15, 0.2) is 11.5 Å². The molecular formula is C19H25NO2S. The van der Waals surface area contributed by atoms with Crippen LogP contribution in [-0.2, 0) is 6.54 Å². The molecule has 2 heterocycles. The molecule has 1 aliphatic heterocycles. The molecule has 0 aliphatic carbocycles. The Kier molecular flexibility index (Phi) is 5.23. The standard InChI is InChI=1S/C19H25NO2S/c1-14-9-11-23-19(14)16-6-4-3-5-10-20(16)13-15-7-8-18(22-2)17(21)12-15/h7-9,11-12,16,21H,3-6,10,13H2,1-2H3. The van der Waals surface area contributed by atoms with Crippen LogP contribution in [-0.4, -0.2) is 23.7 Å². The van der Waals surface area contributed by atoms with E-state index in [1.165, 1.54) is 36.1 Å². The van der Waals surface area contributed by atoms with Gasteiger partial charge in [-0.25, -0.2) is 0 Å². The fourth-order valence-electron chi connectivity index (χ4n) is 3.45. The summed E-state index contributed by atoms with van der Waals surface area (Å²) in [6.07, 6.45) is 5.09. The van der Waals surface area contributed by atoms with Gasteiger partial charge in [-0.1, -0.05) is 18.9 Å². The lowest BCUT2D eigenvalue weighted by Gasteiger charge is -2.30. The second-order valence-electron chi connectivity index (χ2n) is 6.31. The molecule has 23 heavy (non-hydrogen) atoms. The second-order valence-corrected chi connectivity index (χ2v) is 7.26. The molecule has 0 amide bonds. The summed E-state index contributed by atoms with van der Waals surface area (Å²) < 4.78 is 5.14. The van der Waals surface area contributed by atoms with Crippen LogP contribution >= 0.6 is 11.3 Å². The van der Waals surface area contributed by atoms with E-state index in [0.717, 1.165) is 18.7 Å². The molecule has 2 aromatic rings. The second kappa shape index (κ2) is 7.37. The molecular weight excluding hydrogens is 306 g/mol. The predicted molar refractivity (Wildman–Crippen MR) is 95.3 cm³/mol. The van der Waals surface area contributed by atoms with Crippen LogP contribution < -0.4 is 4.74 Å². The number of phenols is 1. The molecule has 1 saturated heterocycles. The summed E-state index contributed by atoms with van der Waals surface area (Å²) in [5.74, 6) is 0.763. The maximum atomic E-state index is 10.0. The number of aryl methyl sites for hydroxylation is 1. The summed E-state index contributed by atoms with van der Waals surface area (Å²) in [6.45, 7) is 4.21. The van der Waals surface area contributed by atoms with Gasteiger partial charge in [0, 0.05) is 17.5 Å². The van der Waals surface area contributed by atoms with Crippen LogP contribution in [0.25, 0.3) is 0 Å². The van der Waals surface area contributed by atoms with E-state index in [1.54, 1.807) is 7.11 Å². The first-order valence-electron chi connectivity index (χ1n) is 8.33. The number of hydrogen-bond acceptors (Lipinski definition) is 4. The maximum Gasteiger partial charge on any atom is 0.160 e.